The molecule has 1 aliphatic rings. The van der Waals surface area contributed by atoms with E-state index < -0.39 is 24.7 Å². The third-order valence-electron chi connectivity index (χ3n) is 2.99. The molecule has 0 radical (unpaired) electrons. The molecule has 0 aliphatic heterocycles. The van der Waals surface area contributed by atoms with Crippen LogP contribution >= 0.6 is 11.6 Å². The predicted octanol–water partition coefficient (Wildman–Crippen LogP) is 2.90. The average Bonchev–Trinajstić information content (AvgIpc) is 2.32. The molecule has 0 heterocycles. The van der Waals surface area contributed by atoms with Crippen molar-refractivity contribution in [2.45, 2.75) is 31.2 Å². The predicted molar refractivity (Wildman–Crippen MR) is 65.7 cm³/mol. The maximum atomic E-state index is 12.6. The van der Waals surface area contributed by atoms with Gasteiger partial charge in [0.1, 0.15) is 5.54 Å². The van der Waals surface area contributed by atoms with Gasteiger partial charge in [-0.05, 0) is 31.4 Å². The molecule has 0 amide bonds. The lowest BCUT2D eigenvalue weighted by Gasteiger charge is -2.36. The number of nitrogens with one attached hydrogen (secondary N) is 1. The van der Waals surface area contributed by atoms with E-state index in [1.807, 2.05) is 0 Å². The molecule has 1 atom stereocenters. The Kier molecular flexibility index (Phi) is 1.93. The van der Waals surface area contributed by atoms with Crippen LogP contribution in [0.25, 0.3) is 0 Å². The molecule has 1 aromatic rings. The largest absolute Gasteiger partial charge is 0.304 e. The van der Waals surface area contributed by atoms with E-state index in [0.717, 1.165) is 0 Å². The van der Waals surface area contributed by atoms with E-state index in [9.17, 15) is 4.79 Å². The molecule has 0 saturated heterocycles. The molecule has 1 N–H and O–H groups in total. The fraction of sp³-hybridized carbons (Fsp3) is 0.462. The van der Waals surface area contributed by atoms with Crippen LogP contribution in [0.15, 0.2) is 24.3 Å². The van der Waals surface area contributed by atoms with Crippen molar-refractivity contribution in [2.24, 2.45) is 0 Å². The van der Waals surface area contributed by atoms with Crippen LogP contribution in [0, 0.1) is 0 Å². The Morgan fingerprint density at radius 3 is 3.06 bits per heavy atom. The van der Waals surface area contributed by atoms with E-state index in [4.69, 9.17) is 18.5 Å². The molecule has 1 saturated carbocycles. The van der Waals surface area contributed by atoms with Crippen molar-refractivity contribution in [3.05, 3.63) is 34.9 Å². The van der Waals surface area contributed by atoms with E-state index in [2.05, 4.69) is 5.32 Å². The first-order chi connectivity index (χ1) is 9.56. The Hall–Kier alpha value is -0.860. The van der Waals surface area contributed by atoms with E-state index in [0.29, 0.717) is 10.6 Å². The molecule has 1 aliphatic carbocycles. The molecule has 0 bridgehead atoms. The third kappa shape index (κ3) is 1.76. The number of hydrogen-bond donors (Lipinski definition) is 1. The normalized spacial score (nSPS) is 34.3. The van der Waals surface area contributed by atoms with Crippen molar-refractivity contribution in [1.82, 2.24) is 5.32 Å². The number of likely N-dealkylation sites (N-methyl/N-ethyl adjacent to an activating group) is 1. The molecule has 16 heavy (non-hydrogen) atoms. The van der Waals surface area contributed by atoms with Crippen molar-refractivity contribution in [3.63, 3.8) is 0 Å². The zero-order chi connectivity index (χ0) is 15.9. The lowest BCUT2D eigenvalue weighted by Crippen LogP contribution is -2.49. The summed E-state index contributed by atoms with van der Waals surface area (Å²) in [7, 11) is 0. The third-order valence-corrected chi connectivity index (χ3v) is 3.31. The fourth-order valence-corrected chi connectivity index (χ4v) is 2.36. The molecule has 86 valence electrons. The van der Waals surface area contributed by atoms with Crippen molar-refractivity contribution in [1.29, 1.82) is 0 Å². The second-order valence-electron chi connectivity index (χ2n) is 3.86. The van der Waals surface area contributed by atoms with Gasteiger partial charge >= 0.3 is 0 Å². The van der Waals surface area contributed by atoms with Gasteiger partial charge in [-0.1, -0.05) is 36.2 Å². The minimum Gasteiger partial charge on any atom is -0.304 e. The van der Waals surface area contributed by atoms with Gasteiger partial charge in [-0.2, -0.15) is 0 Å². The quantitative estimate of drug-likeness (QED) is 0.864. The summed E-state index contributed by atoms with van der Waals surface area (Å²) in [5.41, 5.74) is -1.07. The van der Waals surface area contributed by atoms with Gasteiger partial charge in [-0.15, -0.1) is 0 Å². The number of ketones is 1. The van der Waals surface area contributed by atoms with Gasteiger partial charge in [0.05, 0.1) is 0 Å². The lowest BCUT2D eigenvalue weighted by atomic mass is 9.75. The maximum absolute atomic E-state index is 12.6. The minimum atomic E-state index is -2.53. The summed E-state index contributed by atoms with van der Waals surface area (Å²) in [6.45, 7) is -2.53. The Morgan fingerprint density at radius 2 is 2.38 bits per heavy atom. The first-order valence-electron chi connectivity index (χ1n) is 7.63. The molecule has 2 nitrogen and oxygen atoms in total. The first-order valence-corrected chi connectivity index (χ1v) is 5.51. The summed E-state index contributed by atoms with van der Waals surface area (Å²) >= 11 is 6.14. The summed E-state index contributed by atoms with van der Waals surface area (Å²) in [6, 6.07) is 6.58. The molecule has 2 rings (SSSR count). The van der Waals surface area contributed by atoms with Gasteiger partial charge < -0.3 is 5.32 Å². The van der Waals surface area contributed by atoms with E-state index in [1.54, 1.807) is 24.3 Å². The number of halogens is 1. The van der Waals surface area contributed by atoms with Crippen molar-refractivity contribution < 1.29 is 11.6 Å². The number of hydrogen-bond acceptors (Lipinski definition) is 2. The highest BCUT2D eigenvalue weighted by Gasteiger charge is 2.40. The second kappa shape index (κ2) is 4.56. The summed E-state index contributed by atoms with van der Waals surface area (Å²) in [6.07, 6.45) is -1.80. The van der Waals surface area contributed by atoms with Crippen LogP contribution in [0.5, 0.6) is 0 Å². The smallest absolute Gasteiger partial charge is 0.157 e. The highest BCUT2D eigenvalue weighted by molar-refractivity contribution is 6.31. The molecule has 1 unspecified atom stereocenters. The lowest BCUT2D eigenvalue weighted by molar-refractivity contribution is -0.127. The van der Waals surface area contributed by atoms with Gasteiger partial charge in [0, 0.05) is 18.3 Å². The van der Waals surface area contributed by atoms with E-state index in [-0.39, 0.29) is 19.3 Å². The Bertz CT molecular complexity index is 560. The van der Waals surface area contributed by atoms with Crippen molar-refractivity contribution in [2.75, 3.05) is 6.98 Å². The fourth-order valence-electron chi connectivity index (χ4n) is 2.06. The molecule has 0 spiro atoms. The number of Topliss-reactive ketones (excluding diaryl/α,β-unsaturated/α-hetero) is 1. The van der Waals surface area contributed by atoms with Gasteiger partial charge in [-0.3, -0.25) is 4.79 Å². The molecule has 1 fully saturated rings. The number of carbonyl (C=O) groups excluding carboxylic acids is 1. The number of benzene rings is 1. The van der Waals surface area contributed by atoms with Crippen LogP contribution in [0.1, 0.15) is 38.1 Å². The molecule has 0 aromatic heterocycles. The molecular weight excluding hydrogens is 222 g/mol. The standard InChI is InChI=1S/C13H16ClNO/c1-15-13(9-5-4-8-12(13)16)10-6-2-3-7-11(10)14/h2-3,6-7,15H,4-5,8-9H2,1H3/i1D3,4D2. The van der Waals surface area contributed by atoms with Gasteiger partial charge in [0.15, 0.2) is 5.78 Å². The molecular formula is C13H16ClNO. The van der Waals surface area contributed by atoms with E-state index >= 15 is 0 Å². The summed E-state index contributed by atoms with van der Waals surface area (Å²) in [5.74, 6) is -0.483. The maximum Gasteiger partial charge on any atom is 0.157 e. The van der Waals surface area contributed by atoms with Crippen LogP contribution in [-0.4, -0.2) is 12.8 Å². The van der Waals surface area contributed by atoms with Crippen LogP contribution in [0.3, 0.4) is 0 Å². The number of carbonyl (C=O) groups is 1. The molecule has 1 aromatic carbocycles. The van der Waals surface area contributed by atoms with Crippen LogP contribution in [-0.2, 0) is 10.3 Å². The monoisotopic (exact) mass is 242 g/mol. The SMILES string of the molecule is [2H]C1([2H])CCC(NC([2H])([2H])[2H])(c2ccccc2Cl)C(=O)C1. The Labute approximate surface area is 108 Å². The summed E-state index contributed by atoms with van der Waals surface area (Å²) in [4.78, 5) is 12.6. The highest BCUT2D eigenvalue weighted by Crippen LogP contribution is 2.37. The van der Waals surface area contributed by atoms with E-state index in [1.165, 1.54) is 0 Å². The topological polar surface area (TPSA) is 29.1 Å². The zero-order valence-electron chi connectivity index (χ0n) is 13.7. The van der Waals surface area contributed by atoms with Gasteiger partial charge in [0.25, 0.3) is 0 Å². The summed E-state index contributed by atoms with van der Waals surface area (Å²) < 4.78 is 37.8. The van der Waals surface area contributed by atoms with Crippen LogP contribution < -0.4 is 5.32 Å². The van der Waals surface area contributed by atoms with Gasteiger partial charge in [-0.25, -0.2) is 0 Å². The Morgan fingerprint density at radius 1 is 1.56 bits per heavy atom. The van der Waals surface area contributed by atoms with Crippen LogP contribution in [0.2, 0.25) is 5.02 Å². The zero-order valence-corrected chi connectivity index (χ0v) is 9.47. The highest BCUT2D eigenvalue weighted by atomic mass is 35.5. The average molecular weight is 243 g/mol. The van der Waals surface area contributed by atoms with Gasteiger partial charge in [0.2, 0.25) is 0 Å². The van der Waals surface area contributed by atoms with Crippen molar-refractivity contribution in [3.8, 4) is 0 Å². The number of rotatable bonds is 2. The van der Waals surface area contributed by atoms with Crippen LogP contribution in [0.4, 0.5) is 0 Å². The second-order valence-corrected chi connectivity index (χ2v) is 4.27. The summed E-state index contributed by atoms with van der Waals surface area (Å²) in [5, 5.41) is 2.71. The first kappa shape index (κ1) is 6.77. The molecule has 3 heteroatoms. The van der Waals surface area contributed by atoms with Crippen molar-refractivity contribution >= 4 is 17.4 Å². The minimum absolute atomic E-state index is 0.0565. The Balaban J connectivity index is 2.51.